The van der Waals surface area contributed by atoms with Gasteiger partial charge in [-0.25, -0.2) is 4.98 Å². The van der Waals surface area contributed by atoms with E-state index in [-0.39, 0.29) is 6.04 Å². The molecule has 0 unspecified atom stereocenters. The van der Waals surface area contributed by atoms with Crippen molar-refractivity contribution in [2.45, 2.75) is 45.2 Å². The molecule has 4 nitrogen and oxygen atoms in total. The molecule has 1 aliphatic heterocycles. The van der Waals surface area contributed by atoms with Crippen LogP contribution in [0.15, 0.2) is 24.4 Å². The molecule has 2 aliphatic rings. The maximum absolute atomic E-state index is 5.83. The van der Waals surface area contributed by atoms with Crippen LogP contribution in [0.5, 0.6) is 11.5 Å². The van der Waals surface area contributed by atoms with Gasteiger partial charge in [0.25, 0.3) is 0 Å². The van der Waals surface area contributed by atoms with Crippen LogP contribution in [0.2, 0.25) is 0 Å². The molecule has 1 aromatic heterocycles. The SMILES string of the molecule is Cc1cnc([C@H](N[C@H](C)c2ccc3c(c2)OCCCO3)C2CC2)s1. The van der Waals surface area contributed by atoms with Crippen molar-refractivity contribution in [3.05, 3.63) is 39.8 Å². The molecule has 0 bridgehead atoms. The van der Waals surface area contributed by atoms with Crippen molar-refractivity contribution in [1.29, 1.82) is 0 Å². The van der Waals surface area contributed by atoms with Gasteiger partial charge in [-0.1, -0.05) is 6.07 Å². The highest BCUT2D eigenvalue weighted by molar-refractivity contribution is 7.11. The Balaban J connectivity index is 1.52. The number of rotatable bonds is 5. The third-order valence-electron chi connectivity index (χ3n) is 4.70. The number of hydrogen-bond acceptors (Lipinski definition) is 5. The summed E-state index contributed by atoms with van der Waals surface area (Å²) < 4.78 is 11.6. The van der Waals surface area contributed by atoms with Crippen molar-refractivity contribution in [2.24, 2.45) is 5.92 Å². The Morgan fingerprint density at radius 1 is 1.21 bits per heavy atom. The van der Waals surface area contributed by atoms with E-state index in [2.05, 4.69) is 36.3 Å². The third-order valence-corrected chi connectivity index (χ3v) is 5.70. The van der Waals surface area contributed by atoms with E-state index >= 15 is 0 Å². The van der Waals surface area contributed by atoms with Crippen LogP contribution in [0.25, 0.3) is 0 Å². The molecule has 1 N–H and O–H groups in total. The number of aryl methyl sites for hydroxylation is 1. The molecular weight excluding hydrogens is 320 g/mol. The monoisotopic (exact) mass is 344 g/mol. The van der Waals surface area contributed by atoms with Crippen LogP contribution in [0.4, 0.5) is 0 Å². The zero-order valence-corrected chi connectivity index (χ0v) is 15.1. The van der Waals surface area contributed by atoms with Crippen molar-refractivity contribution < 1.29 is 9.47 Å². The second kappa shape index (κ2) is 6.73. The molecule has 0 amide bonds. The van der Waals surface area contributed by atoms with Gasteiger partial charge in [0.15, 0.2) is 11.5 Å². The average Bonchev–Trinajstić information content (AvgIpc) is 3.37. The molecule has 1 aliphatic carbocycles. The van der Waals surface area contributed by atoms with E-state index in [4.69, 9.17) is 9.47 Å². The highest BCUT2D eigenvalue weighted by Gasteiger charge is 2.35. The van der Waals surface area contributed by atoms with Crippen LogP contribution in [-0.4, -0.2) is 18.2 Å². The second-order valence-corrected chi connectivity index (χ2v) is 8.04. The number of nitrogens with zero attached hydrogens (tertiary/aromatic N) is 1. The van der Waals surface area contributed by atoms with Gasteiger partial charge in [-0.15, -0.1) is 11.3 Å². The Morgan fingerprint density at radius 3 is 2.71 bits per heavy atom. The van der Waals surface area contributed by atoms with E-state index in [9.17, 15) is 0 Å². The number of nitrogens with one attached hydrogen (secondary N) is 1. The first-order valence-corrected chi connectivity index (χ1v) is 9.60. The summed E-state index contributed by atoms with van der Waals surface area (Å²) in [6.45, 7) is 5.79. The van der Waals surface area contributed by atoms with E-state index < -0.39 is 0 Å². The topological polar surface area (TPSA) is 43.4 Å². The highest BCUT2D eigenvalue weighted by atomic mass is 32.1. The first-order chi connectivity index (χ1) is 11.7. The second-order valence-electron chi connectivity index (χ2n) is 6.77. The summed E-state index contributed by atoms with van der Waals surface area (Å²) in [5.74, 6) is 2.45. The Hall–Kier alpha value is -1.59. The molecule has 24 heavy (non-hydrogen) atoms. The van der Waals surface area contributed by atoms with Crippen molar-refractivity contribution in [2.75, 3.05) is 13.2 Å². The van der Waals surface area contributed by atoms with Gasteiger partial charge in [0.1, 0.15) is 5.01 Å². The smallest absolute Gasteiger partial charge is 0.161 e. The molecule has 1 aromatic carbocycles. The zero-order chi connectivity index (χ0) is 16.5. The zero-order valence-electron chi connectivity index (χ0n) is 14.2. The Morgan fingerprint density at radius 2 is 2.00 bits per heavy atom. The number of benzene rings is 1. The van der Waals surface area contributed by atoms with Crippen molar-refractivity contribution >= 4 is 11.3 Å². The van der Waals surface area contributed by atoms with Crippen molar-refractivity contribution in [3.63, 3.8) is 0 Å². The minimum atomic E-state index is 0.247. The van der Waals surface area contributed by atoms with E-state index in [1.165, 1.54) is 28.3 Å². The number of aromatic nitrogens is 1. The first-order valence-electron chi connectivity index (χ1n) is 8.78. The molecular formula is C19H24N2O2S. The van der Waals surface area contributed by atoms with Gasteiger partial charge in [0.05, 0.1) is 19.3 Å². The van der Waals surface area contributed by atoms with E-state index in [0.717, 1.165) is 37.1 Å². The summed E-state index contributed by atoms with van der Waals surface area (Å²) in [6, 6.07) is 6.90. The van der Waals surface area contributed by atoms with Gasteiger partial charge >= 0.3 is 0 Å². The molecule has 0 radical (unpaired) electrons. The maximum atomic E-state index is 5.83. The fourth-order valence-electron chi connectivity index (χ4n) is 3.17. The molecule has 4 rings (SSSR count). The summed E-state index contributed by atoms with van der Waals surface area (Å²) in [4.78, 5) is 5.90. The Kier molecular flexibility index (Phi) is 4.46. The first kappa shape index (κ1) is 15.9. The van der Waals surface area contributed by atoms with Gasteiger partial charge in [-0.05, 0) is 50.3 Å². The molecule has 2 atom stereocenters. The molecule has 0 spiro atoms. The van der Waals surface area contributed by atoms with Crippen LogP contribution in [0, 0.1) is 12.8 Å². The molecule has 5 heteroatoms. The van der Waals surface area contributed by atoms with Crippen LogP contribution >= 0.6 is 11.3 Å². The number of ether oxygens (including phenoxy) is 2. The Bertz CT molecular complexity index is 711. The Labute approximate surface area is 147 Å². The van der Waals surface area contributed by atoms with Crippen LogP contribution in [0.1, 0.15) is 53.7 Å². The lowest BCUT2D eigenvalue weighted by atomic mass is 10.1. The fraction of sp³-hybridized carbons (Fsp3) is 0.526. The summed E-state index contributed by atoms with van der Waals surface area (Å²) >= 11 is 1.81. The minimum absolute atomic E-state index is 0.247. The molecule has 128 valence electrons. The number of fused-ring (bicyclic) bond motifs is 1. The molecule has 1 fully saturated rings. The van der Waals surface area contributed by atoms with E-state index in [1.807, 2.05) is 23.6 Å². The van der Waals surface area contributed by atoms with E-state index in [1.54, 1.807) is 0 Å². The lowest BCUT2D eigenvalue weighted by Crippen LogP contribution is -2.26. The van der Waals surface area contributed by atoms with Crippen molar-refractivity contribution in [1.82, 2.24) is 10.3 Å². The van der Waals surface area contributed by atoms with Crippen LogP contribution in [-0.2, 0) is 0 Å². The molecule has 1 saturated carbocycles. The normalized spacial score (nSPS) is 19.6. The highest BCUT2D eigenvalue weighted by Crippen LogP contribution is 2.43. The summed E-state index contributed by atoms with van der Waals surface area (Å²) in [6.07, 6.45) is 5.51. The molecule has 2 aromatic rings. The van der Waals surface area contributed by atoms with Crippen LogP contribution < -0.4 is 14.8 Å². The van der Waals surface area contributed by atoms with Gasteiger partial charge in [0, 0.05) is 23.5 Å². The largest absolute Gasteiger partial charge is 0.490 e. The average molecular weight is 344 g/mol. The summed E-state index contributed by atoms with van der Waals surface area (Å²) in [7, 11) is 0. The maximum Gasteiger partial charge on any atom is 0.161 e. The molecule has 0 saturated heterocycles. The third kappa shape index (κ3) is 3.42. The van der Waals surface area contributed by atoms with E-state index in [0.29, 0.717) is 6.04 Å². The van der Waals surface area contributed by atoms with Gasteiger partial charge in [-0.3, -0.25) is 0 Å². The molecule has 2 heterocycles. The van der Waals surface area contributed by atoms with Crippen molar-refractivity contribution in [3.8, 4) is 11.5 Å². The standard InChI is InChI=1S/C19H24N2O2S/c1-12-11-20-19(24-12)18(14-4-5-14)21-13(2)15-6-7-16-17(10-15)23-9-3-8-22-16/h6-7,10-11,13-14,18,21H,3-5,8-9H2,1-2H3/t13-,18-/m1/s1. The lowest BCUT2D eigenvalue weighted by molar-refractivity contribution is 0.297. The fourth-order valence-corrected chi connectivity index (χ4v) is 4.10. The quantitative estimate of drug-likeness (QED) is 0.872. The van der Waals surface area contributed by atoms with Crippen LogP contribution in [0.3, 0.4) is 0 Å². The number of hydrogen-bond donors (Lipinski definition) is 1. The predicted molar refractivity (Wildman–Crippen MR) is 95.9 cm³/mol. The predicted octanol–water partition coefficient (Wildman–Crippen LogP) is 4.41. The summed E-state index contributed by atoms with van der Waals surface area (Å²) in [5, 5.41) is 5.02. The number of thiazole rings is 1. The van der Waals surface area contributed by atoms with Gasteiger partial charge in [-0.2, -0.15) is 0 Å². The van der Waals surface area contributed by atoms with Gasteiger partial charge in [0.2, 0.25) is 0 Å². The lowest BCUT2D eigenvalue weighted by Gasteiger charge is -2.22. The van der Waals surface area contributed by atoms with Gasteiger partial charge < -0.3 is 14.8 Å². The minimum Gasteiger partial charge on any atom is -0.490 e. The summed E-state index contributed by atoms with van der Waals surface area (Å²) in [5.41, 5.74) is 1.23.